The maximum absolute atomic E-state index is 11.0. The van der Waals surface area contributed by atoms with Gasteiger partial charge >= 0.3 is 0 Å². The molecule has 0 radical (unpaired) electrons. The number of carbonyl (C=O) groups excluding carboxylic acids is 1. The van der Waals surface area contributed by atoms with Gasteiger partial charge < -0.3 is 0 Å². The Morgan fingerprint density at radius 2 is 2.64 bits per heavy atom. The van der Waals surface area contributed by atoms with Gasteiger partial charge in [0.1, 0.15) is 0 Å². The van der Waals surface area contributed by atoms with Crippen LogP contribution in [0.3, 0.4) is 0 Å². The van der Waals surface area contributed by atoms with Crippen LogP contribution < -0.4 is 5.48 Å². The molecular weight excluding hydrogens is 142 g/mol. The first-order chi connectivity index (χ1) is 5.34. The maximum Gasteiger partial charge on any atom is 0.270 e. The van der Waals surface area contributed by atoms with E-state index in [9.17, 15) is 4.79 Å². The number of amides is 1. The molecule has 0 saturated heterocycles. The summed E-state index contributed by atoms with van der Waals surface area (Å²) in [5, 5.41) is 0. The van der Waals surface area contributed by atoms with Crippen LogP contribution in [0.1, 0.15) is 12.8 Å². The summed E-state index contributed by atoms with van der Waals surface area (Å²) in [5.41, 5.74) is 3.09. The van der Waals surface area contributed by atoms with Crippen molar-refractivity contribution in [1.29, 1.82) is 0 Å². The zero-order valence-corrected chi connectivity index (χ0v) is 6.30. The number of allylic oxidation sites excluding steroid dienone is 1. The highest BCUT2D eigenvalue weighted by atomic mass is 16.7. The normalized spacial score (nSPS) is 17.1. The van der Waals surface area contributed by atoms with Crippen molar-refractivity contribution in [2.24, 2.45) is 0 Å². The third-order valence-electron chi connectivity index (χ3n) is 1.49. The highest BCUT2D eigenvalue weighted by Crippen LogP contribution is 2.08. The lowest BCUT2D eigenvalue weighted by molar-refractivity contribution is -0.130. The summed E-state index contributed by atoms with van der Waals surface area (Å²) in [6, 6.07) is 0. The van der Waals surface area contributed by atoms with Crippen molar-refractivity contribution < 1.29 is 9.63 Å². The van der Waals surface area contributed by atoms with Crippen LogP contribution in [0, 0.1) is 0 Å². The first-order valence-electron chi connectivity index (χ1n) is 3.56. The topological polar surface area (TPSA) is 38.3 Å². The van der Waals surface area contributed by atoms with E-state index >= 15 is 0 Å². The first kappa shape index (κ1) is 8.01. The molecule has 1 aliphatic heterocycles. The van der Waals surface area contributed by atoms with Crippen LogP contribution in [0.15, 0.2) is 24.3 Å². The quantitative estimate of drug-likeness (QED) is 0.613. The molecule has 11 heavy (non-hydrogen) atoms. The van der Waals surface area contributed by atoms with Crippen molar-refractivity contribution in [1.82, 2.24) is 5.48 Å². The molecule has 0 aromatic carbocycles. The monoisotopic (exact) mass is 153 g/mol. The van der Waals surface area contributed by atoms with Gasteiger partial charge in [-0.2, -0.15) is 0 Å². The SMILES string of the molecule is C=CCCC1=CCONC1=O. The van der Waals surface area contributed by atoms with Crippen molar-refractivity contribution in [3.8, 4) is 0 Å². The number of hydroxylamine groups is 1. The summed E-state index contributed by atoms with van der Waals surface area (Å²) < 4.78 is 0. The van der Waals surface area contributed by atoms with Gasteiger partial charge in [-0.1, -0.05) is 6.08 Å². The van der Waals surface area contributed by atoms with Gasteiger partial charge in [-0.05, 0) is 18.9 Å². The van der Waals surface area contributed by atoms with E-state index in [1.807, 2.05) is 0 Å². The molecule has 0 saturated carbocycles. The molecule has 1 N–H and O–H groups in total. The summed E-state index contributed by atoms with van der Waals surface area (Å²) in [6.07, 6.45) is 5.17. The molecule has 0 aromatic heterocycles. The highest BCUT2D eigenvalue weighted by molar-refractivity contribution is 5.93. The minimum atomic E-state index is -0.127. The number of nitrogens with one attached hydrogen (secondary N) is 1. The van der Waals surface area contributed by atoms with Crippen LogP contribution in [0.25, 0.3) is 0 Å². The Hall–Kier alpha value is -1.09. The third-order valence-corrected chi connectivity index (χ3v) is 1.49. The molecular formula is C8H11NO2. The van der Waals surface area contributed by atoms with Gasteiger partial charge in [0, 0.05) is 5.57 Å². The second kappa shape index (κ2) is 3.93. The molecule has 60 valence electrons. The van der Waals surface area contributed by atoms with Crippen molar-refractivity contribution in [3.05, 3.63) is 24.3 Å². The van der Waals surface area contributed by atoms with Gasteiger partial charge in [0.2, 0.25) is 0 Å². The van der Waals surface area contributed by atoms with Gasteiger partial charge in [0.25, 0.3) is 5.91 Å². The highest BCUT2D eigenvalue weighted by Gasteiger charge is 2.11. The first-order valence-corrected chi connectivity index (χ1v) is 3.56. The Morgan fingerprint density at radius 1 is 1.82 bits per heavy atom. The van der Waals surface area contributed by atoms with Crippen LogP contribution in [0.5, 0.6) is 0 Å². The molecule has 1 amide bonds. The van der Waals surface area contributed by atoms with Crippen molar-refractivity contribution in [3.63, 3.8) is 0 Å². The summed E-state index contributed by atoms with van der Waals surface area (Å²) in [6.45, 7) is 4.05. The minimum Gasteiger partial charge on any atom is -0.269 e. The fourth-order valence-corrected chi connectivity index (χ4v) is 0.881. The molecule has 0 spiro atoms. The van der Waals surface area contributed by atoms with Gasteiger partial charge in [-0.3, -0.25) is 9.63 Å². The Morgan fingerprint density at radius 3 is 3.27 bits per heavy atom. The van der Waals surface area contributed by atoms with Gasteiger partial charge in [-0.15, -0.1) is 6.58 Å². The standard InChI is InChI=1S/C8H11NO2/c1-2-3-4-7-5-6-11-9-8(7)10/h2,5H,1,3-4,6H2,(H,9,10). The average Bonchev–Trinajstić information content (AvgIpc) is 2.03. The average molecular weight is 153 g/mol. The van der Waals surface area contributed by atoms with E-state index in [0.29, 0.717) is 6.61 Å². The van der Waals surface area contributed by atoms with Gasteiger partial charge in [0.15, 0.2) is 0 Å². The lowest BCUT2D eigenvalue weighted by Crippen LogP contribution is -2.29. The fraction of sp³-hybridized carbons (Fsp3) is 0.375. The molecule has 1 heterocycles. The van der Waals surface area contributed by atoms with E-state index in [1.165, 1.54) is 0 Å². The van der Waals surface area contributed by atoms with Crippen molar-refractivity contribution in [2.75, 3.05) is 6.61 Å². The van der Waals surface area contributed by atoms with Gasteiger partial charge in [-0.25, -0.2) is 5.48 Å². The van der Waals surface area contributed by atoms with Crippen LogP contribution >= 0.6 is 0 Å². The predicted octanol–water partition coefficient (Wildman–Crippen LogP) is 0.940. The second-order valence-electron chi connectivity index (χ2n) is 2.30. The molecule has 0 aliphatic carbocycles. The van der Waals surface area contributed by atoms with E-state index < -0.39 is 0 Å². The van der Waals surface area contributed by atoms with Crippen molar-refractivity contribution >= 4 is 5.91 Å². The largest absolute Gasteiger partial charge is 0.270 e. The Labute approximate surface area is 65.7 Å². The Bertz CT molecular complexity index is 196. The summed E-state index contributed by atoms with van der Waals surface area (Å²) >= 11 is 0. The lowest BCUT2D eigenvalue weighted by atomic mass is 10.1. The summed E-state index contributed by atoms with van der Waals surface area (Å²) in [7, 11) is 0. The third kappa shape index (κ3) is 2.20. The second-order valence-corrected chi connectivity index (χ2v) is 2.30. The molecule has 0 bridgehead atoms. The Balaban J connectivity index is 2.46. The van der Waals surface area contributed by atoms with Crippen LogP contribution in [-0.4, -0.2) is 12.5 Å². The number of hydrogen-bond donors (Lipinski definition) is 1. The molecule has 3 heteroatoms. The lowest BCUT2D eigenvalue weighted by Gasteiger charge is -2.12. The van der Waals surface area contributed by atoms with E-state index in [-0.39, 0.29) is 5.91 Å². The molecule has 0 atom stereocenters. The molecule has 0 aromatic rings. The number of hydrogen-bond acceptors (Lipinski definition) is 2. The summed E-state index contributed by atoms with van der Waals surface area (Å²) in [5.74, 6) is -0.127. The number of carbonyl (C=O) groups is 1. The maximum atomic E-state index is 11.0. The van der Waals surface area contributed by atoms with E-state index in [0.717, 1.165) is 18.4 Å². The fourth-order valence-electron chi connectivity index (χ4n) is 0.881. The molecule has 0 fully saturated rings. The van der Waals surface area contributed by atoms with E-state index in [2.05, 4.69) is 12.1 Å². The smallest absolute Gasteiger partial charge is 0.269 e. The molecule has 1 aliphatic rings. The van der Waals surface area contributed by atoms with Crippen LogP contribution in [-0.2, 0) is 9.63 Å². The summed E-state index contributed by atoms with van der Waals surface area (Å²) in [4.78, 5) is 15.7. The molecule has 0 unspecified atom stereocenters. The van der Waals surface area contributed by atoms with E-state index in [4.69, 9.17) is 4.84 Å². The zero-order chi connectivity index (χ0) is 8.10. The van der Waals surface area contributed by atoms with E-state index in [1.54, 1.807) is 12.2 Å². The predicted molar refractivity (Wildman–Crippen MR) is 41.6 cm³/mol. The van der Waals surface area contributed by atoms with Crippen molar-refractivity contribution in [2.45, 2.75) is 12.8 Å². The Kier molecular flexibility index (Phi) is 2.86. The minimum absolute atomic E-state index is 0.127. The van der Waals surface area contributed by atoms with Crippen LogP contribution in [0.4, 0.5) is 0 Å². The molecule has 1 rings (SSSR count). The molecule has 3 nitrogen and oxygen atoms in total. The zero-order valence-electron chi connectivity index (χ0n) is 6.30. The number of rotatable bonds is 3. The van der Waals surface area contributed by atoms with Crippen LogP contribution in [0.2, 0.25) is 0 Å². The van der Waals surface area contributed by atoms with Gasteiger partial charge in [0.05, 0.1) is 6.61 Å².